The minimum Gasteiger partial charge on any atom is -0.390 e. The molecule has 2 heteroatoms. The molecule has 2 rings (SSSR count). The Kier molecular flexibility index (Phi) is 1.32. The molecule has 4 atom stereocenters. The topological polar surface area (TPSA) is 40.5 Å². The Morgan fingerprint density at radius 3 is 2.80 bits per heavy atom. The average molecular weight is 140 g/mol. The van der Waals surface area contributed by atoms with Gasteiger partial charge in [-0.15, -0.1) is 0 Å². The first-order chi connectivity index (χ1) is 4.79. The summed E-state index contributed by atoms with van der Waals surface area (Å²) in [5.41, 5.74) is 0. The largest absolute Gasteiger partial charge is 0.390 e. The summed E-state index contributed by atoms with van der Waals surface area (Å²) in [5, 5.41) is 18.6. The Hall–Kier alpha value is -0.340. The lowest BCUT2D eigenvalue weighted by Gasteiger charge is -2.11. The molecule has 10 heavy (non-hydrogen) atoms. The Morgan fingerprint density at radius 1 is 1.30 bits per heavy atom. The molecule has 0 radical (unpaired) electrons. The monoisotopic (exact) mass is 140 g/mol. The summed E-state index contributed by atoms with van der Waals surface area (Å²) in [6, 6.07) is 0. The highest BCUT2D eigenvalue weighted by Crippen LogP contribution is 2.39. The van der Waals surface area contributed by atoms with Gasteiger partial charge in [-0.1, -0.05) is 12.2 Å². The highest BCUT2D eigenvalue weighted by molar-refractivity contribution is 5.09. The van der Waals surface area contributed by atoms with Crippen LogP contribution in [0.25, 0.3) is 0 Å². The minimum absolute atomic E-state index is 0.245. The van der Waals surface area contributed by atoms with Gasteiger partial charge in [0.15, 0.2) is 0 Å². The van der Waals surface area contributed by atoms with E-state index in [1.165, 1.54) is 0 Å². The van der Waals surface area contributed by atoms with Gasteiger partial charge >= 0.3 is 0 Å². The number of hydrogen-bond acceptors (Lipinski definition) is 2. The highest BCUT2D eigenvalue weighted by atomic mass is 16.3. The van der Waals surface area contributed by atoms with Crippen molar-refractivity contribution in [2.24, 2.45) is 11.8 Å². The van der Waals surface area contributed by atoms with E-state index in [0.717, 1.165) is 12.8 Å². The fraction of sp³-hybridized carbons (Fsp3) is 0.750. The second-order valence-corrected chi connectivity index (χ2v) is 3.29. The number of allylic oxidation sites excluding steroid dienone is 1. The third-order valence-corrected chi connectivity index (χ3v) is 2.67. The molecule has 1 saturated carbocycles. The zero-order chi connectivity index (χ0) is 7.14. The van der Waals surface area contributed by atoms with Crippen LogP contribution in [0.15, 0.2) is 12.2 Å². The molecule has 2 aliphatic rings. The smallest absolute Gasteiger partial charge is 0.0864 e. The molecule has 56 valence electrons. The molecule has 0 saturated heterocycles. The van der Waals surface area contributed by atoms with Crippen LogP contribution in [-0.4, -0.2) is 22.4 Å². The van der Waals surface area contributed by atoms with E-state index in [4.69, 9.17) is 0 Å². The Bertz CT molecular complexity index is 165. The molecule has 0 amide bonds. The maximum atomic E-state index is 9.37. The summed E-state index contributed by atoms with van der Waals surface area (Å²) in [4.78, 5) is 0. The SMILES string of the molecule is OC1CC2CC=CC2C1O. The van der Waals surface area contributed by atoms with Gasteiger partial charge in [0.1, 0.15) is 0 Å². The zero-order valence-corrected chi connectivity index (χ0v) is 5.77. The van der Waals surface area contributed by atoms with E-state index in [0.29, 0.717) is 5.92 Å². The second kappa shape index (κ2) is 2.07. The number of aliphatic hydroxyl groups is 2. The van der Waals surface area contributed by atoms with Gasteiger partial charge < -0.3 is 10.2 Å². The summed E-state index contributed by atoms with van der Waals surface area (Å²) in [5.74, 6) is 0.764. The van der Waals surface area contributed by atoms with E-state index in [9.17, 15) is 10.2 Å². The molecule has 1 fully saturated rings. The van der Waals surface area contributed by atoms with Crippen LogP contribution < -0.4 is 0 Å². The van der Waals surface area contributed by atoms with Crippen LogP contribution in [0.5, 0.6) is 0 Å². The van der Waals surface area contributed by atoms with E-state index < -0.39 is 12.2 Å². The lowest BCUT2D eigenvalue weighted by Crippen LogP contribution is -2.23. The summed E-state index contributed by atoms with van der Waals surface area (Å²) in [6.45, 7) is 0. The van der Waals surface area contributed by atoms with Crippen molar-refractivity contribution in [3.8, 4) is 0 Å². The molecule has 0 bridgehead atoms. The van der Waals surface area contributed by atoms with Crippen LogP contribution in [0.2, 0.25) is 0 Å². The molecule has 0 heterocycles. The number of fused-ring (bicyclic) bond motifs is 1. The van der Waals surface area contributed by atoms with Crippen molar-refractivity contribution in [3.05, 3.63) is 12.2 Å². The molecular weight excluding hydrogens is 128 g/mol. The van der Waals surface area contributed by atoms with E-state index >= 15 is 0 Å². The van der Waals surface area contributed by atoms with Crippen LogP contribution in [0.4, 0.5) is 0 Å². The lowest BCUT2D eigenvalue weighted by atomic mass is 9.99. The van der Waals surface area contributed by atoms with E-state index in [1.54, 1.807) is 0 Å². The van der Waals surface area contributed by atoms with Crippen molar-refractivity contribution >= 4 is 0 Å². The van der Waals surface area contributed by atoms with Crippen molar-refractivity contribution < 1.29 is 10.2 Å². The second-order valence-electron chi connectivity index (χ2n) is 3.29. The third-order valence-electron chi connectivity index (χ3n) is 2.67. The van der Waals surface area contributed by atoms with Crippen LogP contribution >= 0.6 is 0 Å². The molecule has 0 aliphatic heterocycles. The number of aliphatic hydroxyl groups excluding tert-OH is 2. The first kappa shape index (κ1) is 6.38. The third kappa shape index (κ3) is 0.724. The quantitative estimate of drug-likeness (QED) is 0.475. The predicted octanol–water partition coefficient (Wildman–Crippen LogP) is 0.304. The molecule has 2 nitrogen and oxygen atoms in total. The van der Waals surface area contributed by atoms with Gasteiger partial charge in [0.05, 0.1) is 12.2 Å². The maximum absolute atomic E-state index is 9.37. The van der Waals surface area contributed by atoms with Crippen LogP contribution in [0, 0.1) is 11.8 Å². The fourth-order valence-corrected chi connectivity index (χ4v) is 2.08. The molecule has 0 aromatic heterocycles. The number of hydrogen-bond donors (Lipinski definition) is 2. The first-order valence-electron chi connectivity index (χ1n) is 3.82. The van der Waals surface area contributed by atoms with Gasteiger partial charge in [-0.2, -0.15) is 0 Å². The van der Waals surface area contributed by atoms with Crippen molar-refractivity contribution in [1.29, 1.82) is 0 Å². The molecular formula is C8H12O2. The molecule has 0 aromatic carbocycles. The predicted molar refractivity (Wildman–Crippen MR) is 37.4 cm³/mol. The molecule has 2 aliphatic carbocycles. The zero-order valence-electron chi connectivity index (χ0n) is 5.77. The van der Waals surface area contributed by atoms with Crippen molar-refractivity contribution in [2.45, 2.75) is 25.0 Å². The Balaban J connectivity index is 2.16. The van der Waals surface area contributed by atoms with Crippen LogP contribution in [0.3, 0.4) is 0 Å². The highest BCUT2D eigenvalue weighted by Gasteiger charge is 2.41. The molecule has 2 N–H and O–H groups in total. The lowest BCUT2D eigenvalue weighted by molar-refractivity contribution is 0.0297. The van der Waals surface area contributed by atoms with Crippen molar-refractivity contribution in [3.63, 3.8) is 0 Å². The van der Waals surface area contributed by atoms with Gasteiger partial charge in [0.2, 0.25) is 0 Å². The van der Waals surface area contributed by atoms with E-state index in [2.05, 4.69) is 6.08 Å². The van der Waals surface area contributed by atoms with Crippen LogP contribution in [0.1, 0.15) is 12.8 Å². The van der Waals surface area contributed by atoms with Gasteiger partial charge in [-0.25, -0.2) is 0 Å². The summed E-state index contributed by atoms with van der Waals surface area (Å²) >= 11 is 0. The van der Waals surface area contributed by atoms with E-state index in [-0.39, 0.29) is 5.92 Å². The molecule has 4 unspecified atom stereocenters. The van der Waals surface area contributed by atoms with Gasteiger partial charge in [0, 0.05) is 5.92 Å². The van der Waals surface area contributed by atoms with Gasteiger partial charge in [-0.3, -0.25) is 0 Å². The summed E-state index contributed by atoms with van der Waals surface area (Å²) in [6.07, 6.45) is 4.98. The standard InChI is InChI=1S/C8H12O2/c9-7-4-5-2-1-3-6(5)8(7)10/h1,3,5-10H,2,4H2. The van der Waals surface area contributed by atoms with Crippen molar-refractivity contribution in [2.75, 3.05) is 0 Å². The normalized spacial score (nSPS) is 51.8. The van der Waals surface area contributed by atoms with Crippen molar-refractivity contribution in [1.82, 2.24) is 0 Å². The Morgan fingerprint density at radius 2 is 2.10 bits per heavy atom. The summed E-state index contributed by atoms with van der Waals surface area (Å²) < 4.78 is 0. The van der Waals surface area contributed by atoms with Crippen LogP contribution in [-0.2, 0) is 0 Å². The molecule has 0 aromatic rings. The first-order valence-corrected chi connectivity index (χ1v) is 3.82. The van der Waals surface area contributed by atoms with Gasteiger partial charge in [-0.05, 0) is 18.8 Å². The molecule has 0 spiro atoms. The number of rotatable bonds is 0. The maximum Gasteiger partial charge on any atom is 0.0864 e. The average Bonchev–Trinajstić information content (AvgIpc) is 2.41. The minimum atomic E-state index is -0.497. The Labute approximate surface area is 60.2 Å². The summed E-state index contributed by atoms with van der Waals surface area (Å²) in [7, 11) is 0. The fourth-order valence-electron chi connectivity index (χ4n) is 2.08. The van der Waals surface area contributed by atoms with E-state index in [1.807, 2.05) is 6.08 Å². The van der Waals surface area contributed by atoms with Gasteiger partial charge in [0.25, 0.3) is 0 Å².